The number of benzene rings is 1. The van der Waals surface area contributed by atoms with E-state index in [2.05, 4.69) is 48.5 Å². The minimum Gasteiger partial charge on any atom is -0.474 e. The van der Waals surface area contributed by atoms with Crippen molar-refractivity contribution >= 4 is 11.7 Å². The van der Waals surface area contributed by atoms with Crippen LogP contribution in [0.5, 0.6) is 5.88 Å². The Kier molecular flexibility index (Phi) is 6.38. The van der Waals surface area contributed by atoms with Gasteiger partial charge in [-0.15, -0.1) is 0 Å². The van der Waals surface area contributed by atoms with Crippen molar-refractivity contribution in [2.75, 3.05) is 5.32 Å². The summed E-state index contributed by atoms with van der Waals surface area (Å²) in [7, 11) is 0. The first-order valence-electron chi connectivity index (χ1n) is 10.0. The van der Waals surface area contributed by atoms with Crippen molar-refractivity contribution < 1.29 is 9.53 Å². The summed E-state index contributed by atoms with van der Waals surface area (Å²) in [6.07, 6.45) is 5.02. The number of carbonyl (C=O) groups is 1. The molecule has 0 bridgehead atoms. The molecular formula is C23H28N4O2. The Hall–Kier alpha value is -3.07. The summed E-state index contributed by atoms with van der Waals surface area (Å²) in [5.41, 5.74) is 2.64. The molecule has 2 aromatic rings. The standard InChI is InChI=1S/C23H28N4O2/c1-23(2,3)17-5-7-18(8-6-17)26-22(28)27-19-9-11-20(12-10-19)29-21-13-4-16(14-24)15-25-21/h4-8,13,15,19-20H,9-12H2,1-3H3,(H2,26,27,28). The summed E-state index contributed by atoms with van der Waals surface area (Å²) < 4.78 is 5.89. The predicted octanol–water partition coefficient (Wildman–Crippen LogP) is 4.76. The van der Waals surface area contributed by atoms with E-state index in [0.717, 1.165) is 31.4 Å². The highest BCUT2D eigenvalue weighted by Crippen LogP contribution is 2.24. The maximum Gasteiger partial charge on any atom is 0.319 e. The molecule has 1 fully saturated rings. The molecule has 0 saturated heterocycles. The molecular weight excluding hydrogens is 364 g/mol. The highest BCUT2D eigenvalue weighted by molar-refractivity contribution is 5.89. The van der Waals surface area contributed by atoms with E-state index in [1.165, 1.54) is 11.8 Å². The number of rotatable bonds is 4. The first-order valence-corrected chi connectivity index (χ1v) is 10.0. The van der Waals surface area contributed by atoms with Gasteiger partial charge in [-0.25, -0.2) is 9.78 Å². The van der Waals surface area contributed by atoms with E-state index in [0.29, 0.717) is 11.4 Å². The van der Waals surface area contributed by atoms with Gasteiger partial charge in [-0.05, 0) is 54.9 Å². The second kappa shape index (κ2) is 8.95. The maximum atomic E-state index is 12.3. The number of pyridine rings is 1. The predicted molar refractivity (Wildman–Crippen MR) is 113 cm³/mol. The second-order valence-corrected chi connectivity index (χ2v) is 8.51. The zero-order valence-corrected chi connectivity index (χ0v) is 17.2. The van der Waals surface area contributed by atoms with Gasteiger partial charge in [0.25, 0.3) is 0 Å². The number of hydrogen-bond acceptors (Lipinski definition) is 4. The molecule has 1 aliphatic carbocycles. The lowest BCUT2D eigenvalue weighted by molar-refractivity contribution is 0.135. The van der Waals surface area contributed by atoms with Crippen molar-refractivity contribution in [3.05, 3.63) is 53.7 Å². The van der Waals surface area contributed by atoms with Crippen LogP contribution in [0, 0.1) is 11.3 Å². The number of carbonyl (C=O) groups excluding carboxylic acids is 1. The smallest absolute Gasteiger partial charge is 0.319 e. The SMILES string of the molecule is CC(C)(C)c1ccc(NC(=O)NC2CCC(Oc3ccc(C#N)cn3)CC2)cc1. The van der Waals surface area contributed by atoms with Crippen LogP contribution in [0.3, 0.4) is 0 Å². The highest BCUT2D eigenvalue weighted by atomic mass is 16.5. The summed E-state index contributed by atoms with van der Waals surface area (Å²) in [6, 6.07) is 13.4. The molecule has 1 saturated carbocycles. The average molecular weight is 393 g/mol. The van der Waals surface area contributed by atoms with Crippen LogP contribution in [-0.4, -0.2) is 23.2 Å². The van der Waals surface area contributed by atoms with Gasteiger partial charge in [-0.1, -0.05) is 32.9 Å². The zero-order chi connectivity index (χ0) is 20.9. The van der Waals surface area contributed by atoms with Gasteiger partial charge in [-0.2, -0.15) is 5.26 Å². The lowest BCUT2D eigenvalue weighted by atomic mass is 9.87. The zero-order valence-electron chi connectivity index (χ0n) is 17.2. The molecule has 0 atom stereocenters. The quantitative estimate of drug-likeness (QED) is 0.785. The third kappa shape index (κ3) is 5.95. The van der Waals surface area contributed by atoms with E-state index < -0.39 is 0 Å². The van der Waals surface area contributed by atoms with Gasteiger partial charge in [-0.3, -0.25) is 0 Å². The Labute approximate surface area is 172 Å². The van der Waals surface area contributed by atoms with Crippen molar-refractivity contribution in [1.82, 2.24) is 10.3 Å². The van der Waals surface area contributed by atoms with Crippen molar-refractivity contribution in [3.63, 3.8) is 0 Å². The van der Waals surface area contributed by atoms with E-state index in [-0.39, 0.29) is 23.6 Å². The Balaban J connectivity index is 1.43. The lowest BCUT2D eigenvalue weighted by Gasteiger charge is -2.29. The molecule has 3 rings (SSSR count). The van der Waals surface area contributed by atoms with Crippen LogP contribution in [0.15, 0.2) is 42.6 Å². The number of nitriles is 1. The topological polar surface area (TPSA) is 87.0 Å². The third-order valence-corrected chi connectivity index (χ3v) is 5.17. The molecule has 2 amide bonds. The van der Waals surface area contributed by atoms with Crippen LogP contribution in [0.4, 0.5) is 10.5 Å². The van der Waals surface area contributed by atoms with E-state index >= 15 is 0 Å². The van der Waals surface area contributed by atoms with E-state index in [9.17, 15) is 4.79 Å². The number of aromatic nitrogens is 1. The fourth-order valence-corrected chi connectivity index (χ4v) is 3.42. The number of hydrogen-bond donors (Lipinski definition) is 2. The maximum absolute atomic E-state index is 12.3. The first kappa shape index (κ1) is 20.7. The Morgan fingerprint density at radius 3 is 2.34 bits per heavy atom. The van der Waals surface area contributed by atoms with Crippen molar-refractivity contribution in [2.45, 2.75) is 64.0 Å². The fraction of sp³-hybridized carbons (Fsp3) is 0.435. The number of nitrogens with zero attached hydrogens (tertiary/aromatic N) is 2. The van der Waals surface area contributed by atoms with Gasteiger partial charge in [0.1, 0.15) is 12.2 Å². The lowest BCUT2D eigenvalue weighted by Crippen LogP contribution is -2.41. The Morgan fingerprint density at radius 1 is 1.10 bits per heavy atom. The molecule has 0 unspecified atom stereocenters. The van der Waals surface area contributed by atoms with Gasteiger partial charge in [0.15, 0.2) is 0 Å². The molecule has 1 aliphatic rings. The van der Waals surface area contributed by atoms with Crippen molar-refractivity contribution in [1.29, 1.82) is 5.26 Å². The van der Waals surface area contributed by atoms with Crippen molar-refractivity contribution in [3.8, 4) is 11.9 Å². The van der Waals surface area contributed by atoms with Crippen LogP contribution in [0.2, 0.25) is 0 Å². The minimum absolute atomic E-state index is 0.0847. The molecule has 0 spiro atoms. The molecule has 1 heterocycles. The largest absolute Gasteiger partial charge is 0.474 e. The molecule has 6 heteroatoms. The van der Waals surface area contributed by atoms with Gasteiger partial charge in [0.05, 0.1) is 5.56 Å². The van der Waals surface area contributed by atoms with Crippen molar-refractivity contribution in [2.24, 2.45) is 0 Å². The summed E-state index contributed by atoms with van der Waals surface area (Å²) in [6.45, 7) is 6.50. The molecule has 2 N–H and O–H groups in total. The van der Waals surface area contributed by atoms with Crippen LogP contribution < -0.4 is 15.4 Å². The van der Waals surface area contributed by atoms with E-state index in [1.807, 2.05) is 18.2 Å². The number of urea groups is 1. The van der Waals surface area contributed by atoms with Crippen LogP contribution in [0.25, 0.3) is 0 Å². The third-order valence-electron chi connectivity index (χ3n) is 5.17. The molecule has 1 aromatic carbocycles. The molecule has 6 nitrogen and oxygen atoms in total. The monoisotopic (exact) mass is 392 g/mol. The molecule has 0 radical (unpaired) electrons. The first-order chi connectivity index (χ1) is 13.8. The fourth-order valence-electron chi connectivity index (χ4n) is 3.42. The van der Waals surface area contributed by atoms with E-state index in [1.54, 1.807) is 12.1 Å². The summed E-state index contributed by atoms with van der Waals surface area (Å²) in [5, 5.41) is 14.8. The van der Waals surface area contributed by atoms with E-state index in [4.69, 9.17) is 10.00 Å². The summed E-state index contributed by atoms with van der Waals surface area (Å²) in [4.78, 5) is 16.5. The minimum atomic E-state index is -0.174. The average Bonchev–Trinajstić information content (AvgIpc) is 2.70. The normalized spacial score (nSPS) is 19.1. The number of anilines is 1. The van der Waals surface area contributed by atoms with Gasteiger partial charge in [0.2, 0.25) is 5.88 Å². The molecule has 152 valence electrons. The molecule has 0 aliphatic heterocycles. The second-order valence-electron chi connectivity index (χ2n) is 8.51. The van der Waals surface area contributed by atoms with Crippen LogP contribution in [-0.2, 0) is 5.41 Å². The Bertz CT molecular complexity index is 856. The van der Waals surface area contributed by atoms with Gasteiger partial charge in [0, 0.05) is 24.0 Å². The van der Waals surface area contributed by atoms with Crippen LogP contribution in [0.1, 0.15) is 57.6 Å². The molecule has 1 aromatic heterocycles. The highest BCUT2D eigenvalue weighted by Gasteiger charge is 2.24. The summed E-state index contributed by atoms with van der Waals surface area (Å²) >= 11 is 0. The number of nitrogens with one attached hydrogen (secondary N) is 2. The van der Waals surface area contributed by atoms with Crippen LogP contribution >= 0.6 is 0 Å². The number of amides is 2. The Morgan fingerprint density at radius 2 is 1.79 bits per heavy atom. The van der Waals surface area contributed by atoms with Gasteiger partial charge < -0.3 is 15.4 Å². The molecule has 29 heavy (non-hydrogen) atoms. The van der Waals surface area contributed by atoms with Gasteiger partial charge >= 0.3 is 6.03 Å². The number of ether oxygens (including phenoxy) is 1. The summed E-state index contributed by atoms with van der Waals surface area (Å²) in [5.74, 6) is 0.539.